The SMILES string of the molecule is CC.CCCCCN1C(=O)COc2ccc(C)cc21. The predicted octanol–water partition coefficient (Wildman–Crippen LogP) is 3.94. The van der Waals surface area contributed by atoms with E-state index in [0.29, 0.717) is 0 Å². The van der Waals surface area contributed by atoms with E-state index in [1.165, 1.54) is 6.42 Å². The Hall–Kier alpha value is -1.51. The quantitative estimate of drug-likeness (QED) is 0.770. The molecule has 1 heterocycles. The molecule has 1 aromatic carbocycles. The fourth-order valence-corrected chi connectivity index (χ4v) is 2.08. The number of rotatable bonds is 4. The maximum absolute atomic E-state index is 11.9. The zero-order valence-electron chi connectivity index (χ0n) is 12.5. The van der Waals surface area contributed by atoms with Crippen molar-refractivity contribution in [1.29, 1.82) is 0 Å². The van der Waals surface area contributed by atoms with Gasteiger partial charge in [-0.15, -0.1) is 0 Å². The Bertz CT molecular complexity index is 415. The highest BCUT2D eigenvalue weighted by atomic mass is 16.5. The van der Waals surface area contributed by atoms with Gasteiger partial charge in [0.1, 0.15) is 5.75 Å². The fraction of sp³-hybridized carbons (Fsp3) is 0.562. The first-order chi connectivity index (χ1) is 9.22. The van der Waals surface area contributed by atoms with Crippen LogP contribution < -0.4 is 9.64 Å². The van der Waals surface area contributed by atoms with E-state index in [2.05, 4.69) is 6.92 Å². The summed E-state index contributed by atoms with van der Waals surface area (Å²) in [7, 11) is 0. The normalized spacial score (nSPS) is 13.3. The molecule has 0 aromatic heterocycles. The number of ether oxygens (including phenoxy) is 1. The highest BCUT2D eigenvalue weighted by molar-refractivity contribution is 5.97. The number of hydrogen-bond acceptors (Lipinski definition) is 2. The van der Waals surface area contributed by atoms with Crippen molar-refractivity contribution in [3.8, 4) is 5.75 Å². The van der Waals surface area contributed by atoms with Gasteiger partial charge in [0.05, 0.1) is 5.69 Å². The number of unbranched alkanes of at least 4 members (excludes halogenated alkanes) is 2. The first-order valence-electron chi connectivity index (χ1n) is 7.26. The summed E-state index contributed by atoms with van der Waals surface area (Å²) in [6.07, 6.45) is 3.38. The average Bonchev–Trinajstić information content (AvgIpc) is 2.44. The summed E-state index contributed by atoms with van der Waals surface area (Å²) in [6, 6.07) is 5.99. The van der Waals surface area contributed by atoms with Crippen LogP contribution in [0.5, 0.6) is 5.75 Å². The lowest BCUT2D eigenvalue weighted by atomic mass is 10.1. The number of carbonyl (C=O) groups excluding carboxylic acids is 1. The maximum atomic E-state index is 11.9. The lowest BCUT2D eigenvalue weighted by Gasteiger charge is -2.29. The third-order valence-corrected chi connectivity index (χ3v) is 3.04. The second-order valence-electron chi connectivity index (χ2n) is 4.51. The lowest BCUT2D eigenvalue weighted by molar-refractivity contribution is -0.121. The van der Waals surface area contributed by atoms with Crippen LogP contribution in [0.15, 0.2) is 18.2 Å². The Balaban J connectivity index is 0.000000861. The summed E-state index contributed by atoms with van der Waals surface area (Å²) in [5.41, 5.74) is 2.08. The van der Waals surface area contributed by atoms with Crippen molar-refractivity contribution in [2.45, 2.75) is 47.0 Å². The van der Waals surface area contributed by atoms with Crippen LogP contribution >= 0.6 is 0 Å². The lowest BCUT2D eigenvalue weighted by Crippen LogP contribution is -2.39. The Morgan fingerprint density at radius 1 is 1.26 bits per heavy atom. The van der Waals surface area contributed by atoms with E-state index in [-0.39, 0.29) is 12.5 Å². The van der Waals surface area contributed by atoms with E-state index in [4.69, 9.17) is 4.74 Å². The number of anilines is 1. The Morgan fingerprint density at radius 2 is 2.00 bits per heavy atom. The molecule has 3 nitrogen and oxygen atoms in total. The minimum atomic E-state index is 0.0687. The van der Waals surface area contributed by atoms with Crippen molar-refractivity contribution in [3.05, 3.63) is 23.8 Å². The van der Waals surface area contributed by atoms with Crippen LogP contribution in [0.4, 0.5) is 5.69 Å². The minimum absolute atomic E-state index is 0.0687. The smallest absolute Gasteiger partial charge is 0.265 e. The molecule has 19 heavy (non-hydrogen) atoms. The van der Waals surface area contributed by atoms with Crippen molar-refractivity contribution in [1.82, 2.24) is 0 Å². The number of fused-ring (bicyclic) bond motifs is 1. The second kappa shape index (κ2) is 7.82. The second-order valence-corrected chi connectivity index (χ2v) is 4.51. The van der Waals surface area contributed by atoms with E-state index in [1.807, 2.05) is 43.9 Å². The molecule has 1 aliphatic heterocycles. The molecule has 0 fully saturated rings. The van der Waals surface area contributed by atoms with Crippen LogP contribution in [-0.4, -0.2) is 19.1 Å². The molecule has 3 heteroatoms. The highest BCUT2D eigenvalue weighted by Crippen LogP contribution is 2.32. The van der Waals surface area contributed by atoms with Crippen molar-refractivity contribution in [3.63, 3.8) is 0 Å². The Morgan fingerprint density at radius 3 is 2.68 bits per heavy atom. The number of benzene rings is 1. The molecule has 106 valence electrons. The van der Waals surface area contributed by atoms with Gasteiger partial charge in [0.25, 0.3) is 5.91 Å². The van der Waals surface area contributed by atoms with Crippen LogP contribution in [0.1, 0.15) is 45.6 Å². The van der Waals surface area contributed by atoms with Gasteiger partial charge in [-0.3, -0.25) is 4.79 Å². The third-order valence-electron chi connectivity index (χ3n) is 3.04. The number of carbonyl (C=O) groups is 1. The van der Waals surface area contributed by atoms with E-state index < -0.39 is 0 Å². The Kier molecular flexibility index (Phi) is 6.40. The minimum Gasteiger partial charge on any atom is -0.482 e. The van der Waals surface area contributed by atoms with E-state index in [1.54, 1.807) is 0 Å². The fourth-order valence-electron chi connectivity index (χ4n) is 2.08. The van der Waals surface area contributed by atoms with Crippen molar-refractivity contribution in [2.75, 3.05) is 18.1 Å². The molecule has 1 amide bonds. The van der Waals surface area contributed by atoms with Crippen molar-refractivity contribution >= 4 is 11.6 Å². The Labute approximate surface area is 116 Å². The molecule has 0 radical (unpaired) electrons. The third kappa shape index (κ3) is 3.98. The van der Waals surface area contributed by atoms with Gasteiger partial charge in [-0.25, -0.2) is 0 Å². The summed E-state index contributed by atoms with van der Waals surface area (Å²) < 4.78 is 5.44. The predicted molar refractivity (Wildman–Crippen MR) is 79.9 cm³/mol. The number of hydrogen-bond donors (Lipinski definition) is 0. The van der Waals surface area contributed by atoms with Crippen LogP contribution in [-0.2, 0) is 4.79 Å². The van der Waals surface area contributed by atoms with Crippen LogP contribution in [0.3, 0.4) is 0 Å². The van der Waals surface area contributed by atoms with Gasteiger partial charge >= 0.3 is 0 Å². The summed E-state index contributed by atoms with van der Waals surface area (Å²) in [5, 5.41) is 0. The topological polar surface area (TPSA) is 29.5 Å². The maximum Gasteiger partial charge on any atom is 0.265 e. The van der Waals surface area contributed by atoms with Crippen LogP contribution in [0.2, 0.25) is 0 Å². The van der Waals surface area contributed by atoms with Gasteiger partial charge in [0.15, 0.2) is 6.61 Å². The first kappa shape index (κ1) is 15.5. The summed E-state index contributed by atoms with van der Waals surface area (Å²) >= 11 is 0. The molecule has 0 atom stereocenters. The number of amides is 1. The molecule has 0 bridgehead atoms. The average molecular weight is 263 g/mol. The molecule has 0 aliphatic carbocycles. The summed E-state index contributed by atoms with van der Waals surface area (Å²) in [6.45, 7) is 9.16. The van der Waals surface area contributed by atoms with Crippen LogP contribution in [0, 0.1) is 6.92 Å². The summed E-state index contributed by atoms with van der Waals surface area (Å²) in [4.78, 5) is 13.7. The molecule has 0 saturated carbocycles. The van der Waals surface area contributed by atoms with Gasteiger partial charge in [0, 0.05) is 6.54 Å². The summed E-state index contributed by atoms with van der Waals surface area (Å²) in [5.74, 6) is 0.894. The molecule has 1 aromatic rings. The highest BCUT2D eigenvalue weighted by Gasteiger charge is 2.24. The molecule has 1 aliphatic rings. The largest absolute Gasteiger partial charge is 0.482 e. The molecular weight excluding hydrogens is 238 g/mol. The zero-order valence-corrected chi connectivity index (χ0v) is 12.5. The number of nitrogens with zero attached hydrogens (tertiary/aromatic N) is 1. The number of aryl methyl sites for hydroxylation is 1. The van der Waals surface area contributed by atoms with Crippen molar-refractivity contribution < 1.29 is 9.53 Å². The van der Waals surface area contributed by atoms with Gasteiger partial charge in [-0.2, -0.15) is 0 Å². The monoisotopic (exact) mass is 263 g/mol. The molecule has 0 spiro atoms. The van der Waals surface area contributed by atoms with Crippen molar-refractivity contribution in [2.24, 2.45) is 0 Å². The zero-order chi connectivity index (χ0) is 14.3. The molecule has 2 rings (SSSR count). The standard InChI is InChI=1S/C14H19NO2.C2H6/c1-3-4-5-8-15-12-9-11(2)6-7-13(12)17-10-14(15)16;1-2/h6-7,9H,3-5,8,10H2,1-2H3;1-2H3. The van der Waals surface area contributed by atoms with Gasteiger partial charge in [-0.1, -0.05) is 39.7 Å². The molecule has 0 unspecified atom stereocenters. The van der Waals surface area contributed by atoms with Gasteiger partial charge in [-0.05, 0) is 31.0 Å². The van der Waals surface area contributed by atoms with E-state index in [0.717, 1.165) is 36.4 Å². The van der Waals surface area contributed by atoms with Gasteiger partial charge in [0.2, 0.25) is 0 Å². The van der Waals surface area contributed by atoms with Gasteiger partial charge < -0.3 is 9.64 Å². The molecule has 0 N–H and O–H groups in total. The molecule has 0 saturated heterocycles. The van der Waals surface area contributed by atoms with Crippen LogP contribution in [0.25, 0.3) is 0 Å². The molecular formula is C16H25NO2. The van der Waals surface area contributed by atoms with E-state index in [9.17, 15) is 4.79 Å². The van der Waals surface area contributed by atoms with E-state index >= 15 is 0 Å². The first-order valence-corrected chi connectivity index (χ1v) is 7.26.